The molecule has 1 rings (SSSR count). The lowest BCUT2D eigenvalue weighted by Gasteiger charge is -2.22. The molecule has 232 valence electrons. The van der Waals surface area contributed by atoms with Gasteiger partial charge in [-0.15, -0.1) is 0 Å². The van der Waals surface area contributed by atoms with Crippen LogP contribution in [0.15, 0.2) is 12.2 Å². The molecule has 0 aliphatic heterocycles. The van der Waals surface area contributed by atoms with Crippen molar-refractivity contribution >= 4 is 23.4 Å². The van der Waals surface area contributed by atoms with Crippen molar-refractivity contribution in [3.8, 4) is 0 Å². The highest BCUT2D eigenvalue weighted by molar-refractivity contribution is 6.09. The number of ether oxygens (including phenoxy) is 6. The summed E-state index contributed by atoms with van der Waals surface area (Å²) in [6.07, 6.45) is 0. The van der Waals surface area contributed by atoms with Gasteiger partial charge < -0.3 is 44.4 Å². The van der Waals surface area contributed by atoms with Gasteiger partial charge >= 0.3 is 0 Å². The SMILES string of the molecule is C=C(C)C(=O)Nc1c(C)c(C(=O)NCCOCCOCCOC)c(C)c(C(=O)NCCOCCOCCOC)c1C. The van der Waals surface area contributed by atoms with Crippen molar-refractivity contribution in [2.45, 2.75) is 27.7 Å². The maximum atomic E-state index is 13.3. The maximum absolute atomic E-state index is 13.3. The van der Waals surface area contributed by atoms with Crippen LogP contribution in [0.25, 0.3) is 0 Å². The van der Waals surface area contributed by atoms with Gasteiger partial charge in [0, 0.05) is 49.7 Å². The average molecular weight is 582 g/mol. The standard InChI is InChI=1S/C29H47N3O9/c1-20(2)27(33)32-26-22(4)24(28(34)30-8-10-38-16-18-40-14-12-36-6)21(3)25(23(26)5)29(35)31-9-11-39-17-19-41-15-13-37-7/h1,8-19H2,2-7H3,(H,30,34)(H,31,35)(H,32,33). The molecular formula is C29H47N3O9. The van der Waals surface area contributed by atoms with Crippen LogP contribution in [0.3, 0.4) is 0 Å². The van der Waals surface area contributed by atoms with Gasteiger partial charge in [-0.05, 0) is 44.4 Å². The summed E-state index contributed by atoms with van der Waals surface area (Å²) in [5, 5.41) is 8.49. The molecule has 0 heterocycles. The van der Waals surface area contributed by atoms with Crippen LogP contribution in [-0.4, -0.2) is 111 Å². The van der Waals surface area contributed by atoms with Gasteiger partial charge in [-0.2, -0.15) is 0 Å². The molecular weight excluding hydrogens is 534 g/mol. The third-order valence-electron chi connectivity index (χ3n) is 6.00. The largest absolute Gasteiger partial charge is 0.382 e. The van der Waals surface area contributed by atoms with Crippen molar-refractivity contribution < 1.29 is 42.8 Å². The minimum Gasteiger partial charge on any atom is -0.382 e. The lowest BCUT2D eigenvalue weighted by molar-refractivity contribution is -0.112. The summed E-state index contributed by atoms with van der Waals surface area (Å²) >= 11 is 0. The van der Waals surface area contributed by atoms with Crippen molar-refractivity contribution in [2.24, 2.45) is 0 Å². The van der Waals surface area contributed by atoms with Crippen LogP contribution in [0.1, 0.15) is 44.3 Å². The molecule has 41 heavy (non-hydrogen) atoms. The Kier molecular flexibility index (Phi) is 18.5. The molecule has 3 amide bonds. The van der Waals surface area contributed by atoms with Crippen molar-refractivity contribution in [1.82, 2.24) is 10.6 Å². The normalized spacial score (nSPS) is 10.9. The predicted molar refractivity (Wildman–Crippen MR) is 156 cm³/mol. The number of nitrogens with one attached hydrogen (secondary N) is 3. The highest BCUT2D eigenvalue weighted by atomic mass is 16.5. The van der Waals surface area contributed by atoms with Crippen LogP contribution in [0, 0.1) is 20.8 Å². The van der Waals surface area contributed by atoms with Crippen LogP contribution in [0.5, 0.6) is 0 Å². The van der Waals surface area contributed by atoms with E-state index in [9.17, 15) is 14.4 Å². The Balaban J connectivity index is 2.91. The van der Waals surface area contributed by atoms with Crippen molar-refractivity contribution in [2.75, 3.05) is 98.7 Å². The predicted octanol–water partition coefficient (Wildman–Crippen LogP) is 1.95. The lowest BCUT2D eigenvalue weighted by atomic mass is 9.90. The van der Waals surface area contributed by atoms with Gasteiger partial charge in [0.25, 0.3) is 17.7 Å². The number of benzene rings is 1. The Bertz CT molecular complexity index is 937. The molecule has 0 fully saturated rings. The van der Waals surface area contributed by atoms with E-state index >= 15 is 0 Å². The van der Waals surface area contributed by atoms with Crippen molar-refractivity contribution in [3.05, 3.63) is 40.0 Å². The molecule has 0 bridgehead atoms. The molecule has 0 atom stereocenters. The molecule has 12 nitrogen and oxygen atoms in total. The summed E-state index contributed by atoms with van der Waals surface area (Å²) in [4.78, 5) is 39.0. The van der Waals surface area contributed by atoms with E-state index in [1.807, 2.05) is 0 Å². The average Bonchev–Trinajstić information content (AvgIpc) is 2.93. The summed E-state index contributed by atoms with van der Waals surface area (Å²) in [5.74, 6) is -1.16. The Morgan fingerprint density at radius 3 is 1.34 bits per heavy atom. The van der Waals surface area contributed by atoms with E-state index in [-0.39, 0.29) is 38.1 Å². The summed E-state index contributed by atoms with van der Waals surface area (Å²) in [6.45, 7) is 15.2. The van der Waals surface area contributed by atoms with Gasteiger partial charge in [0.05, 0.1) is 66.1 Å². The zero-order valence-electron chi connectivity index (χ0n) is 25.4. The second-order valence-corrected chi connectivity index (χ2v) is 9.18. The van der Waals surface area contributed by atoms with Crippen molar-refractivity contribution in [3.63, 3.8) is 0 Å². The van der Waals surface area contributed by atoms with Crippen LogP contribution in [0.2, 0.25) is 0 Å². The van der Waals surface area contributed by atoms with Crippen LogP contribution in [0.4, 0.5) is 5.69 Å². The first-order valence-electron chi connectivity index (χ1n) is 13.6. The zero-order chi connectivity index (χ0) is 30.6. The van der Waals surface area contributed by atoms with E-state index in [1.165, 1.54) is 0 Å². The van der Waals surface area contributed by atoms with Gasteiger partial charge in [0.2, 0.25) is 0 Å². The molecule has 0 aromatic heterocycles. The number of anilines is 1. The molecule has 0 saturated carbocycles. The first-order valence-corrected chi connectivity index (χ1v) is 13.6. The molecule has 3 N–H and O–H groups in total. The van der Waals surface area contributed by atoms with E-state index in [2.05, 4.69) is 22.5 Å². The first kappa shape index (κ1) is 36.2. The molecule has 0 aliphatic rings. The van der Waals surface area contributed by atoms with Gasteiger partial charge in [-0.25, -0.2) is 0 Å². The second-order valence-electron chi connectivity index (χ2n) is 9.18. The zero-order valence-corrected chi connectivity index (χ0v) is 25.4. The van der Waals surface area contributed by atoms with Gasteiger partial charge in [-0.3, -0.25) is 14.4 Å². The fourth-order valence-electron chi connectivity index (χ4n) is 3.89. The van der Waals surface area contributed by atoms with Crippen LogP contribution < -0.4 is 16.0 Å². The van der Waals surface area contributed by atoms with Gasteiger partial charge in [0.15, 0.2) is 0 Å². The minimum absolute atomic E-state index is 0.255. The molecule has 0 aliphatic carbocycles. The van der Waals surface area contributed by atoms with Gasteiger partial charge in [-0.1, -0.05) is 6.58 Å². The monoisotopic (exact) mass is 581 g/mol. The topological polar surface area (TPSA) is 143 Å². The number of hydrogen-bond donors (Lipinski definition) is 3. The number of hydrogen-bond acceptors (Lipinski definition) is 9. The molecule has 12 heteroatoms. The van der Waals surface area contributed by atoms with Crippen LogP contribution in [-0.2, 0) is 33.2 Å². The summed E-state index contributed by atoms with van der Waals surface area (Å²) in [7, 11) is 3.21. The summed E-state index contributed by atoms with van der Waals surface area (Å²) < 4.78 is 31.5. The van der Waals surface area contributed by atoms with E-state index in [0.29, 0.717) is 91.9 Å². The Labute approximate surface area is 243 Å². The Hall–Kier alpha value is -2.87. The maximum Gasteiger partial charge on any atom is 0.252 e. The number of carbonyl (C=O) groups is 3. The quantitative estimate of drug-likeness (QED) is 0.138. The Morgan fingerprint density at radius 2 is 0.976 bits per heavy atom. The highest BCUT2D eigenvalue weighted by Crippen LogP contribution is 2.32. The van der Waals surface area contributed by atoms with Crippen molar-refractivity contribution in [1.29, 1.82) is 0 Å². The molecule has 1 aromatic carbocycles. The first-order chi connectivity index (χ1) is 19.7. The van der Waals surface area contributed by atoms with E-state index in [0.717, 1.165) is 0 Å². The summed E-state index contributed by atoms with van der Waals surface area (Å²) in [6, 6.07) is 0. The molecule has 1 aromatic rings. The molecule has 0 radical (unpaired) electrons. The Morgan fingerprint density at radius 1 is 0.610 bits per heavy atom. The lowest BCUT2D eigenvalue weighted by Crippen LogP contribution is -2.33. The van der Waals surface area contributed by atoms with E-state index < -0.39 is 5.91 Å². The number of methoxy groups -OCH3 is 2. The summed E-state index contributed by atoms with van der Waals surface area (Å²) in [5.41, 5.74) is 2.92. The van der Waals surface area contributed by atoms with Crippen LogP contribution >= 0.6 is 0 Å². The third kappa shape index (κ3) is 13.1. The fourth-order valence-corrected chi connectivity index (χ4v) is 3.89. The minimum atomic E-state index is -0.403. The van der Waals surface area contributed by atoms with E-state index in [1.54, 1.807) is 41.9 Å². The highest BCUT2D eigenvalue weighted by Gasteiger charge is 2.26. The number of rotatable bonds is 22. The van der Waals surface area contributed by atoms with E-state index in [4.69, 9.17) is 28.4 Å². The second kappa shape index (κ2) is 20.9. The number of amides is 3. The number of carbonyl (C=O) groups excluding carboxylic acids is 3. The molecule has 0 spiro atoms. The third-order valence-corrected chi connectivity index (χ3v) is 6.00. The fraction of sp³-hybridized carbons (Fsp3) is 0.621. The van der Waals surface area contributed by atoms with Gasteiger partial charge in [0.1, 0.15) is 0 Å². The molecule has 0 saturated heterocycles. The molecule has 0 unspecified atom stereocenters. The smallest absolute Gasteiger partial charge is 0.252 e.